The first-order valence-corrected chi connectivity index (χ1v) is 33.7. The van der Waals surface area contributed by atoms with Gasteiger partial charge in [0.2, 0.25) is 23.6 Å². The molecule has 0 unspecified atom stereocenters. The summed E-state index contributed by atoms with van der Waals surface area (Å²) in [5.41, 5.74) is 5.65. The van der Waals surface area contributed by atoms with E-state index in [4.69, 9.17) is 47.9 Å². The lowest BCUT2D eigenvalue weighted by molar-refractivity contribution is -0.144. The molecule has 5 aromatic rings. The van der Waals surface area contributed by atoms with Gasteiger partial charge in [0.1, 0.15) is 31.1 Å². The smallest absolute Gasteiger partial charge is 0.318 e. The first-order valence-electron chi connectivity index (χ1n) is 32.8. The van der Waals surface area contributed by atoms with Crippen molar-refractivity contribution >= 4 is 57.2 Å². The van der Waals surface area contributed by atoms with Crippen LogP contribution in [-0.4, -0.2) is 229 Å². The fourth-order valence-electron chi connectivity index (χ4n) is 12.5. The van der Waals surface area contributed by atoms with Gasteiger partial charge in [0.05, 0.1) is 128 Å². The van der Waals surface area contributed by atoms with Crippen molar-refractivity contribution in [1.82, 2.24) is 35.3 Å². The minimum atomic E-state index is -0.975. The molecular formula is C70H94N10O13S. The number of aryl methyl sites for hydroxylation is 1. The Balaban J connectivity index is 0.591. The molecule has 9 rings (SSSR count). The summed E-state index contributed by atoms with van der Waals surface area (Å²) in [5.74, 6) is -0.673. The normalized spacial score (nSPS) is 19.8. The number of fused-ring (bicyclic) bond motifs is 2. The van der Waals surface area contributed by atoms with Gasteiger partial charge in [-0.2, -0.15) is 15.2 Å². The minimum Gasteiger partial charge on any atom is -0.462 e. The molecular weight excluding hydrogens is 1220 g/mol. The lowest BCUT2D eigenvalue weighted by Crippen LogP contribution is -2.58. The van der Waals surface area contributed by atoms with Crippen LogP contribution < -0.4 is 25.2 Å². The van der Waals surface area contributed by atoms with Crippen molar-refractivity contribution in [1.29, 1.82) is 5.26 Å². The summed E-state index contributed by atoms with van der Waals surface area (Å²) in [6, 6.07) is 25.1. The van der Waals surface area contributed by atoms with Crippen LogP contribution in [0.4, 0.5) is 11.5 Å². The molecule has 508 valence electrons. The van der Waals surface area contributed by atoms with Gasteiger partial charge in [0.15, 0.2) is 0 Å². The maximum atomic E-state index is 14.1. The van der Waals surface area contributed by atoms with E-state index in [2.05, 4.69) is 106 Å². The number of nitrogens with one attached hydrogen (secondary N) is 2. The average Bonchev–Trinajstić information content (AvgIpc) is 0.826. The molecule has 3 fully saturated rings. The molecule has 7 atom stereocenters. The number of nitriles is 1. The number of nitrogens with zero attached hydrogens (tertiary/aromatic N) is 8. The number of likely N-dealkylation sites (N-methyl/N-ethyl adjacent to an activating group) is 1. The van der Waals surface area contributed by atoms with Crippen LogP contribution in [-0.2, 0) is 65.3 Å². The summed E-state index contributed by atoms with van der Waals surface area (Å²) in [6.07, 6.45) is 2.25. The standard InChI is InChI=1S/C70H94N10O13S/c1-8-63(83)79-26-25-78(42-53(79)20-23-71)66-58-21-24-77(60-15-11-13-51-12-9-10-14-57(51)60)45-59(58)73-69(75-66)93-46-54-40-56(44-76(54)7)92-38-37-90-34-33-88-30-29-86-27-28-87-31-32-89-35-36-91-47-62(82)74-65(70(4,5)6)68(85)80-43-55(81)41-61(80)67(84)72-49(3)50-16-18-52(19-17-50)64-48(2)22-39-94-64/h8-19,22,39,49,53-56,61,65,81H,1,20-21,24-38,40-47H2,2-7H3,(H,72,84)(H,74,82)/t49-,53-,54-,55+,56+,61-,65+/m0/s1. The average molecular weight is 1320 g/mol. The van der Waals surface area contributed by atoms with E-state index in [0.717, 1.165) is 59.8 Å². The monoisotopic (exact) mass is 1310 g/mol. The van der Waals surface area contributed by atoms with Crippen molar-refractivity contribution in [2.75, 3.05) is 149 Å². The number of rotatable bonds is 34. The largest absolute Gasteiger partial charge is 0.462 e. The van der Waals surface area contributed by atoms with E-state index < -0.39 is 35.4 Å². The number of aliphatic hydroxyl groups is 1. The van der Waals surface area contributed by atoms with Crippen LogP contribution in [0.3, 0.4) is 0 Å². The van der Waals surface area contributed by atoms with Crippen LogP contribution in [0.1, 0.15) is 75.4 Å². The van der Waals surface area contributed by atoms with Gasteiger partial charge in [-0.15, -0.1) is 11.3 Å². The van der Waals surface area contributed by atoms with Gasteiger partial charge >= 0.3 is 6.01 Å². The zero-order valence-electron chi connectivity index (χ0n) is 55.3. The SMILES string of the molecule is C=CC(=O)N1CCN(c2nc(OC[C@@H]3C[C@@H](OCCOCCOCCOCCOCCOCCOCC(=O)N[C@H](C(=O)N4C[C@H](O)C[C@H]4C(=O)N[C@@H](C)c4ccc(-c5sccc5C)cc4)C(C)(C)C)CN3C)nc3c2CCN(c2cccc4ccccc24)C3)C[C@@H]1CC#N. The molecule has 0 bridgehead atoms. The Kier molecular flexibility index (Phi) is 26.5. The number of amides is 4. The molecule has 0 aliphatic carbocycles. The van der Waals surface area contributed by atoms with E-state index in [0.29, 0.717) is 105 Å². The maximum absolute atomic E-state index is 14.1. The summed E-state index contributed by atoms with van der Waals surface area (Å²) in [7, 11) is 2.07. The van der Waals surface area contributed by atoms with Crippen LogP contribution in [0, 0.1) is 23.7 Å². The molecule has 94 heavy (non-hydrogen) atoms. The van der Waals surface area contributed by atoms with Gasteiger partial charge < -0.3 is 73.2 Å². The van der Waals surface area contributed by atoms with Crippen molar-refractivity contribution in [3.05, 3.63) is 113 Å². The second kappa shape index (κ2) is 35.0. The lowest BCUT2D eigenvalue weighted by Gasteiger charge is -2.42. The van der Waals surface area contributed by atoms with Gasteiger partial charge in [-0.05, 0) is 84.8 Å². The van der Waals surface area contributed by atoms with Crippen molar-refractivity contribution in [3.8, 4) is 22.5 Å². The summed E-state index contributed by atoms with van der Waals surface area (Å²) >= 11 is 1.68. The molecule has 23 nitrogen and oxygen atoms in total. The van der Waals surface area contributed by atoms with Crippen molar-refractivity contribution in [2.24, 2.45) is 5.41 Å². The van der Waals surface area contributed by atoms with Crippen LogP contribution in [0.25, 0.3) is 21.2 Å². The van der Waals surface area contributed by atoms with Crippen LogP contribution >= 0.6 is 11.3 Å². The van der Waals surface area contributed by atoms with Crippen LogP contribution in [0.2, 0.25) is 0 Å². The Bertz CT molecular complexity index is 3340. The second-order valence-corrected chi connectivity index (χ2v) is 26.3. The van der Waals surface area contributed by atoms with Gasteiger partial charge in [0, 0.05) is 73.2 Å². The fourth-order valence-corrected chi connectivity index (χ4v) is 13.4. The molecule has 24 heteroatoms. The Hall–Kier alpha value is -7.15. The highest BCUT2D eigenvalue weighted by Crippen LogP contribution is 2.36. The third-order valence-corrected chi connectivity index (χ3v) is 18.7. The van der Waals surface area contributed by atoms with E-state index in [-0.39, 0.29) is 75.3 Å². The number of aromatic nitrogens is 2. The number of anilines is 2. The topological polar surface area (TPSA) is 252 Å². The number of benzene rings is 3. The zero-order valence-corrected chi connectivity index (χ0v) is 56.2. The molecule has 0 radical (unpaired) electrons. The number of hydrogen-bond donors (Lipinski definition) is 3. The number of β-amino-alcohol motifs (C(OH)–C–C–N with tert-alkyl or cyclic N) is 1. The quantitative estimate of drug-likeness (QED) is 0.0302. The first-order chi connectivity index (χ1) is 45.5. The summed E-state index contributed by atoms with van der Waals surface area (Å²) < 4.78 is 46.6. The zero-order chi connectivity index (χ0) is 66.6. The number of carbonyl (C=O) groups excluding carboxylic acids is 4. The number of aliphatic hydroxyl groups excluding tert-OH is 1. The van der Waals surface area contributed by atoms with Crippen molar-refractivity contribution in [3.63, 3.8) is 0 Å². The van der Waals surface area contributed by atoms with Crippen LogP contribution in [0.5, 0.6) is 6.01 Å². The van der Waals surface area contributed by atoms with Gasteiger partial charge in [-0.3, -0.25) is 24.1 Å². The number of thiophene rings is 1. The third kappa shape index (κ3) is 19.5. The molecule has 4 amide bonds. The van der Waals surface area contributed by atoms with Crippen LogP contribution in [0.15, 0.2) is 90.8 Å². The summed E-state index contributed by atoms with van der Waals surface area (Å²) in [6.45, 7) is 21.2. The fraction of sp³-hybridized carbons (Fsp3) is 0.557. The van der Waals surface area contributed by atoms with Crippen molar-refractivity contribution in [2.45, 2.75) is 109 Å². The first kappa shape index (κ1) is 71.2. The lowest BCUT2D eigenvalue weighted by atomic mass is 9.85. The maximum Gasteiger partial charge on any atom is 0.318 e. The molecule has 4 aliphatic heterocycles. The molecule has 4 aliphatic rings. The number of likely N-dealkylation sites (tertiary alicyclic amines) is 2. The van der Waals surface area contributed by atoms with Crippen molar-refractivity contribution < 1.29 is 62.2 Å². The van der Waals surface area contributed by atoms with E-state index >= 15 is 0 Å². The molecule has 3 N–H and O–H groups in total. The van der Waals surface area contributed by atoms with E-state index in [1.807, 2.05) is 52.0 Å². The molecule has 0 saturated carbocycles. The number of ether oxygens (including phenoxy) is 8. The molecule has 3 saturated heterocycles. The Morgan fingerprint density at radius 2 is 1.45 bits per heavy atom. The molecule has 6 heterocycles. The van der Waals surface area contributed by atoms with E-state index in [9.17, 15) is 29.5 Å². The van der Waals surface area contributed by atoms with E-state index in [1.54, 1.807) is 16.2 Å². The number of hydrogen-bond acceptors (Lipinski definition) is 20. The van der Waals surface area contributed by atoms with E-state index in [1.165, 1.54) is 32.2 Å². The third-order valence-electron chi connectivity index (χ3n) is 17.6. The number of piperazine rings is 1. The molecule has 2 aromatic heterocycles. The highest BCUT2D eigenvalue weighted by molar-refractivity contribution is 7.13. The minimum absolute atomic E-state index is 0.0130. The molecule has 3 aromatic carbocycles. The number of carbonyl (C=O) groups is 4. The van der Waals surface area contributed by atoms with Gasteiger partial charge in [-0.1, -0.05) is 88.0 Å². The Labute approximate surface area is 556 Å². The predicted octanol–water partition coefficient (Wildman–Crippen LogP) is 6.28. The van der Waals surface area contributed by atoms with Gasteiger partial charge in [-0.25, -0.2) is 0 Å². The molecule has 0 spiro atoms. The second-order valence-electron chi connectivity index (χ2n) is 25.4. The highest BCUT2D eigenvalue weighted by atomic mass is 32.1. The predicted molar refractivity (Wildman–Crippen MR) is 359 cm³/mol. The Morgan fingerprint density at radius 3 is 2.11 bits per heavy atom. The Morgan fingerprint density at radius 1 is 0.777 bits per heavy atom. The highest BCUT2D eigenvalue weighted by Gasteiger charge is 2.45. The summed E-state index contributed by atoms with van der Waals surface area (Å²) in [5, 5.41) is 30.7. The summed E-state index contributed by atoms with van der Waals surface area (Å²) in [4.78, 5) is 74.8. The van der Waals surface area contributed by atoms with Gasteiger partial charge in [0.25, 0.3) is 0 Å².